The van der Waals surface area contributed by atoms with Crippen LogP contribution < -0.4 is 10.6 Å². The molecule has 0 bridgehead atoms. The Kier molecular flexibility index (Phi) is 8.84. The summed E-state index contributed by atoms with van der Waals surface area (Å²) in [4.78, 5) is 33.9. The van der Waals surface area contributed by atoms with Crippen LogP contribution in [-0.4, -0.2) is 53.8 Å². The number of hydrogen-bond donors (Lipinski definition) is 3. The summed E-state index contributed by atoms with van der Waals surface area (Å²) in [5, 5.41) is 13.9. The van der Waals surface area contributed by atoms with Crippen molar-refractivity contribution in [2.45, 2.75) is 43.9 Å². The highest BCUT2D eigenvalue weighted by Crippen LogP contribution is 2.29. The van der Waals surface area contributed by atoms with Crippen LogP contribution in [-0.2, 0) is 14.3 Å². The first-order valence-corrected chi connectivity index (χ1v) is 7.95. The van der Waals surface area contributed by atoms with Crippen molar-refractivity contribution in [2.24, 2.45) is 0 Å². The lowest BCUT2D eigenvalue weighted by molar-refractivity contribution is -0.147. The van der Waals surface area contributed by atoms with Gasteiger partial charge in [0, 0.05) is 11.3 Å². The van der Waals surface area contributed by atoms with Crippen LogP contribution in [0.4, 0.5) is 4.79 Å². The summed E-state index contributed by atoms with van der Waals surface area (Å²) in [5.74, 6) is -1.97. The van der Waals surface area contributed by atoms with Crippen LogP contribution in [0.3, 0.4) is 0 Å². The highest BCUT2D eigenvalue weighted by molar-refractivity contribution is 8.00. The first-order valence-electron chi connectivity index (χ1n) is 6.73. The Morgan fingerprint density at radius 1 is 1.29 bits per heavy atom. The van der Waals surface area contributed by atoms with E-state index >= 15 is 0 Å². The molecule has 0 aliphatic heterocycles. The number of carboxylic acid groups (broad SMARTS) is 1. The van der Waals surface area contributed by atoms with E-state index in [9.17, 15) is 14.4 Å². The van der Waals surface area contributed by atoms with Gasteiger partial charge in [-0.3, -0.25) is 4.79 Å². The summed E-state index contributed by atoms with van der Waals surface area (Å²) in [6, 6.07) is -1.91. The average Bonchev–Trinajstić information content (AvgIpc) is 2.48. The van der Waals surface area contributed by atoms with E-state index < -0.39 is 30.4 Å². The summed E-state index contributed by atoms with van der Waals surface area (Å²) in [6.07, 6.45) is 3.34. The molecule has 0 aliphatic carbocycles. The quantitative estimate of drug-likeness (QED) is 0.552. The molecule has 1 atom stereocenters. The zero-order valence-electron chi connectivity index (χ0n) is 12.9. The van der Waals surface area contributed by atoms with Gasteiger partial charge in [0.15, 0.2) is 0 Å². The van der Waals surface area contributed by atoms with Gasteiger partial charge in [0.25, 0.3) is 0 Å². The van der Waals surface area contributed by atoms with Gasteiger partial charge in [0.2, 0.25) is 0 Å². The van der Waals surface area contributed by atoms with Crippen molar-refractivity contribution < 1.29 is 24.2 Å². The van der Waals surface area contributed by atoms with Gasteiger partial charge in [-0.25, -0.2) is 9.59 Å². The molecule has 0 aromatic carbocycles. The molecule has 3 N–H and O–H groups in total. The number of nitrogens with one attached hydrogen (secondary N) is 2. The van der Waals surface area contributed by atoms with Gasteiger partial charge < -0.3 is 20.5 Å². The van der Waals surface area contributed by atoms with Gasteiger partial charge in [-0.2, -0.15) is 11.8 Å². The molecule has 0 unspecified atom stereocenters. The Morgan fingerprint density at radius 2 is 1.86 bits per heavy atom. The van der Waals surface area contributed by atoms with Gasteiger partial charge in [-0.1, -0.05) is 13.8 Å². The Bertz CT molecular complexity index is 363. The molecule has 0 rings (SSSR count). The molecule has 0 aliphatic rings. The van der Waals surface area contributed by atoms with E-state index in [1.54, 1.807) is 11.8 Å². The highest BCUT2D eigenvalue weighted by Gasteiger charge is 2.27. The fourth-order valence-corrected chi connectivity index (χ4v) is 2.56. The van der Waals surface area contributed by atoms with Crippen molar-refractivity contribution in [3.63, 3.8) is 0 Å². The minimum atomic E-state index is -1.30. The molecule has 122 valence electrons. The van der Waals surface area contributed by atoms with Crippen molar-refractivity contribution in [1.82, 2.24) is 10.6 Å². The lowest BCUT2D eigenvalue weighted by Gasteiger charge is -2.30. The number of carbonyl (C=O) groups excluding carboxylic acids is 2. The lowest BCUT2D eigenvalue weighted by Crippen LogP contribution is -2.50. The summed E-state index contributed by atoms with van der Waals surface area (Å²) in [7, 11) is 1.16. The SMILES string of the molecule is CCC(CC)(CNC(=O)N[C@@H](CC(=O)OC)C(=O)O)SC. The molecule has 7 nitrogen and oxygen atoms in total. The average molecular weight is 320 g/mol. The third-order valence-electron chi connectivity index (χ3n) is 3.49. The fraction of sp³-hybridized carbons (Fsp3) is 0.769. The fourth-order valence-electron chi connectivity index (χ4n) is 1.76. The standard InChI is InChI=1S/C13H24N2O5S/c1-5-13(6-2,21-4)8-14-12(19)15-9(11(17)18)7-10(16)20-3/h9H,5-8H2,1-4H3,(H,17,18)(H2,14,15,19)/t9-/m0/s1. The predicted molar refractivity (Wildman–Crippen MR) is 81.4 cm³/mol. The third kappa shape index (κ3) is 6.70. The van der Waals surface area contributed by atoms with E-state index in [1.807, 2.05) is 20.1 Å². The summed E-state index contributed by atoms with van der Waals surface area (Å²) < 4.78 is 4.33. The Morgan fingerprint density at radius 3 is 2.24 bits per heavy atom. The summed E-state index contributed by atoms with van der Waals surface area (Å²) in [5.41, 5.74) is 0. The van der Waals surface area contributed by atoms with E-state index in [2.05, 4.69) is 15.4 Å². The molecule has 0 aromatic heterocycles. The topological polar surface area (TPSA) is 105 Å². The number of hydrogen-bond acceptors (Lipinski definition) is 5. The zero-order chi connectivity index (χ0) is 16.5. The molecule has 0 saturated carbocycles. The Balaban J connectivity index is 4.51. The second kappa shape index (κ2) is 9.49. The molecule has 0 saturated heterocycles. The molecule has 0 fully saturated rings. The first kappa shape index (κ1) is 19.6. The van der Waals surface area contributed by atoms with Crippen molar-refractivity contribution in [2.75, 3.05) is 19.9 Å². The van der Waals surface area contributed by atoms with Crippen LogP contribution in [0.2, 0.25) is 0 Å². The number of thioether (sulfide) groups is 1. The van der Waals surface area contributed by atoms with Gasteiger partial charge in [-0.15, -0.1) is 0 Å². The summed E-state index contributed by atoms with van der Waals surface area (Å²) >= 11 is 1.67. The number of urea groups is 1. The van der Waals surface area contributed by atoms with Gasteiger partial charge in [-0.05, 0) is 19.1 Å². The number of methoxy groups -OCH3 is 1. The van der Waals surface area contributed by atoms with E-state index in [0.717, 1.165) is 20.0 Å². The van der Waals surface area contributed by atoms with Crippen LogP contribution in [0.5, 0.6) is 0 Å². The smallest absolute Gasteiger partial charge is 0.326 e. The Labute approximate surface area is 129 Å². The maximum Gasteiger partial charge on any atom is 0.326 e. The van der Waals surface area contributed by atoms with E-state index in [1.165, 1.54) is 0 Å². The highest BCUT2D eigenvalue weighted by atomic mass is 32.2. The maximum atomic E-state index is 11.8. The number of esters is 1. The number of amides is 2. The van der Waals surface area contributed by atoms with E-state index in [4.69, 9.17) is 5.11 Å². The number of carboxylic acids is 1. The van der Waals surface area contributed by atoms with Crippen LogP contribution in [0.25, 0.3) is 0 Å². The molecule has 0 radical (unpaired) electrons. The Hall–Kier alpha value is -1.44. The normalized spacial score (nSPS) is 12.4. The second-order valence-electron chi connectivity index (χ2n) is 4.59. The lowest BCUT2D eigenvalue weighted by atomic mass is 10.0. The third-order valence-corrected chi connectivity index (χ3v) is 5.08. The maximum absolute atomic E-state index is 11.8. The molecule has 0 heterocycles. The molecule has 2 amide bonds. The van der Waals surface area contributed by atoms with Gasteiger partial charge >= 0.3 is 18.0 Å². The van der Waals surface area contributed by atoms with Gasteiger partial charge in [0.1, 0.15) is 6.04 Å². The van der Waals surface area contributed by atoms with Crippen LogP contribution in [0.1, 0.15) is 33.1 Å². The number of ether oxygens (including phenoxy) is 1. The first-order chi connectivity index (χ1) is 9.83. The van der Waals surface area contributed by atoms with E-state index in [-0.39, 0.29) is 4.75 Å². The number of aliphatic carboxylic acids is 1. The van der Waals surface area contributed by atoms with Crippen LogP contribution >= 0.6 is 11.8 Å². The molecule has 21 heavy (non-hydrogen) atoms. The molecule has 8 heteroatoms. The second-order valence-corrected chi connectivity index (χ2v) is 5.87. The predicted octanol–water partition coefficient (Wildman–Crippen LogP) is 1.22. The van der Waals surface area contributed by atoms with Gasteiger partial charge in [0.05, 0.1) is 13.5 Å². The van der Waals surface area contributed by atoms with Crippen molar-refractivity contribution in [3.8, 4) is 0 Å². The van der Waals surface area contributed by atoms with Crippen molar-refractivity contribution >= 4 is 29.7 Å². The molecule has 0 aromatic rings. The van der Waals surface area contributed by atoms with Crippen LogP contribution in [0.15, 0.2) is 0 Å². The van der Waals surface area contributed by atoms with Crippen molar-refractivity contribution in [1.29, 1.82) is 0 Å². The monoisotopic (exact) mass is 320 g/mol. The largest absolute Gasteiger partial charge is 0.480 e. The molecule has 0 spiro atoms. The number of rotatable bonds is 9. The minimum absolute atomic E-state index is 0.0710. The number of carbonyl (C=O) groups is 3. The van der Waals surface area contributed by atoms with Crippen LogP contribution in [0, 0.1) is 0 Å². The molecular weight excluding hydrogens is 296 g/mol. The molecular formula is C13H24N2O5S. The van der Waals surface area contributed by atoms with Crippen molar-refractivity contribution in [3.05, 3.63) is 0 Å². The minimum Gasteiger partial charge on any atom is -0.480 e. The zero-order valence-corrected chi connectivity index (χ0v) is 13.7. The summed E-state index contributed by atoms with van der Waals surface area (Å²) in [6.45, 7) is 4.51. The van der Waals surface area contributed by atoms with E-state index in [0.29, 0.717) is 6.54 Å².